The molecule has 3 saturated heterocycles. The van der Waals surface area contributed by atoms with Gasteiger partial charge in [-0.25, -0.2) is 19.6 Å². The molecule has 5 heterocycles. The highest BCUT2D eigenvalue weighted by molar-refractivity contribution is 8.04. The van der Waals surface area contributed by atoms with Crippen LogP contribution in [0.15, 0.2) is 71.4 Å². The molecule has 3 fully saturated rings. The van der Waals surface area contributed by atoms with Crippen molar-refractivity contribution in [3.63, 3.8) is 0 Å². The SMILES string of the molecule is CC[C@H](C)[C@H](CC(=O)C(C(C)C)N(C)C(=O)CCCSC1C(=O)N(CCOCCOCCOCCC(=O)NC)C(=O)C1SCCCC(=O)N(C)C(C(=O)C[C@H](C(=O)N(C)[C@H](C[C@@H](OC(C)=O)c1nc(C(=O)N[C@@H](Cc2ccccc2)C2OC2(C)C(=O)O)cs1)C(C)C)[C@@H](C)CC)C(C)C)C(=O)N(C)[C@H](C[C@@H](OC(C)=O)c1nc(C(=O)N[C@@H](Cc2ccccc2)C2OC2(C)C(=O)O)cs1)C(C)C. The van der Waals surface area contributed by atoms with Crippen molar-refractivity contribution in [3.8, 4) is 0 Å². The Balaban J connectivity index is 0.979. The second kappa shape index (κ2) is 53.9. The lowest BCUT2D eigenvalue weighted by Crippen LogP contribution is -2.49. The summed E-state index contributed by atoms with van der Waals surface area (Å²) in [7, 11) is 7.95. The van der Waals surface area contributed by atoms with Gasteiger partial charge in [-0.05, 0) is 97.7 Å². The van der Waals surface area contributed by atoms with Crippen LogP contribution in [0, 0.1) is 47.3 Å². The van der Waals surface area contributed by atoms with Gasteiger partial charge in [0.05, 0.1) is 70.4 Å². The Labute approximate surface area is 816 Å². The van der Waals surface area contributed by atoms with Gasteiger partial charge >= 0.3 is 23.9 Å². The Morgan fingerprint density at radius 1 is 0.515 bits per heavy atom. The molecule has 0 saturated carbocycles. The minimum absolute atomic E-state index is 0.00189. The number of ketones is 2. The Hall–Kier alpha value is -9.15. The van der Waals surface area contributed by atoms with E-state index in [4.69, 9.17) is 33.2 Å². The highest BCUT2D eigenvalue weighted by Crippen LogP contribution is 2.43. The van der Waals surface area contributed by atoms with E-state index in [0.717, 1.165) is 33.8 Å². The fourth-order valence-corrected chi connectivity index (χ4v) is 21.9. The van der Waals surface area contributed by atoms with E-state index >= 15 is 9.59 Å². The van der Waals surface area contributed by atoms with E-state index in [2.05, 4.69) is 25.9 Å². The summed E-state index contributed by atoms with van der Waals surface area (Å²) >= 11 is 4.63. The molecule has 136 heavy (non-hydrogen) atoms. The van der Waals surface area contributed by atoms with Crippen LogP contribution >= 0.6 is 46.2 Å². The number of nitrogens with one attached hydrogen (secondary N) is 3. The van der Waals surface area contributed by atoms with Gasteiger partial charge in [0, 0.05) is 129 Å². The molecule has 34 nitrogen and oxygen atoms in total. The summed E-state index contributed by atoms with van der Waals surface area (Å²) in [6.07, 6.45) is -1.78. The van der Waals surface area contributed by atoms with Crippen molar-refractivity contribution >= 4 is 135 Å². The zero-order valence-corrected chi connectivity index (χ0v) is 85.9. The second-order valence-electron chi connectivity index (χ2n) is 37.4. The number of hydrogen-bond acceptors (Lipinski definition) is 28. The summed E-state index contributed by atoms with van der Waals surface area (Å²) < 4.78 is 40.0. The number of rotatable bonds is 62. The summed E-state index contributed by atoms with van der Waals surface area (Å²) in [5, 5.41) is 30.1. The van der Waals surface area contributed by atoms with Crippen LogP contribution in [0.2, 0.25) is 0 Å². The first kappa shape index (κ1) is 114. The predicted octanol–water partition coefficient (Wildman–Crippen LogP) is 10.9. The number of imide groups is 1. The average molecular weight is 1970 g/mol. The van der Waals surface area contributed by atoms with Crippen LogP contribution in [0.4, 0.5) is 0 Å². The van der Waals surface area contributed by atoms with E-state index in [-0.39, 0.29) is 214 Å². The van der Waals surface area contributed by atoms with Gasteiger partial charge in [-0.2, -0.15) is 0 Å². The molecule has 3 aliphatic heterocycles. The molecule has 9 amide bonds. The molecule has 8 unspecified atom stereocenters. The van der Waals surface area contributed by atoms with Gasteiger partial charge in [0.1, 0.15) is 44.1 Å². The number of aliphatic carboxylic acids is 2. The number of epoxide rings is 2. The van der Waals surface area contributed by atoms with Crippen LogP contribution in [0.25, 0.3) is 0 Å². The van der Waals surface area contributed by atoms with E-state index in [1.165, 1.54) is 76.7 Å². The molecule has 754 valence electrons. The molecule has 0 spiro atoms. The van der Waals surface area contributed by atoms with E-state index in [1.54, 1.807) is 45.0 Å². The number of aromatic nitrogens is 2. The first-order valence-corrected chi connectivity index (χ1v) is 51.0. The molecule has 4 aromatic rings. The maximum atomic E-state index is 15.1. The molecule has 5 N–H and O–H groups in total. The molecular formula is C98H144N10O24S4. The number of amides is 9. The smallest absolute Gasteiger partial charge is 0.338 e. The van der Waals surface area contributed by atoms with Crippen LogP contribution in [-0.4, -0.2) is 296 Å². The van der Waals surface area contributed by atoms with Crippen molar-refractivity contribution in [2.24, 2.45) is 47.3 Å². The summed E-state index contributed by atoms with van der Waals surface area (Å²) in [6, 6.07) is 13.9. The number of carbonyl (C=O) groups is 15. The van der Waals surface area contributed by atoms with Crippen LogP contribution in [-0.2, 0) is 108 Å². The van der Waals surface area contributed by atoms with Crippen LogP contribution in [0.5, 0.6) is 0 Å². The van der Waals surface area contributed by atoms with E-state index < -0.39 is 154 Å². The monoisotopic (exact) mass is 1970 g/mol. The Bertz CT molecular complexity index is 4430. The molecule has 38 heteroatoms. The number of hydrogen-bond donors (Lipinski definition) is 5. The summed E-state index contributed by atoms with van der Waals surface area (Å²) in [5.74, 6) is -10.9. The molecule has 18 atom stereocenters. The van der Waals surface area contributed by atoms with Crippen molar-refractivity contribution in [2.45, 2.75) is 277 Å². The number of carbonyl (C=O) groups excluding carboxylic acids is 13. The summed E-state index contributed by atoms with van der Waals surface area (Å²) in [5.41, 5.74) is -1.33. The summed E-state index contributed by atoms with van der Waals surface area (Å²) in [6.45, 7) is 29.0. The molecular weight excluding hydrogens is 1830 g/mol. The fraction of sp³-hybridized carbons (Fsp3) is 0.663. The second-order valence-corrected chi connectivity index (χ2v) is 41.6. The lowest BCUT2D eigenvalue weighted by Gasteiger charge is -2.37. The normalized spacial score (nSPS) is 20.1. The zero-order chi connectivity index (χ0) is 101. The maximum Gasteiger partial charge on any atom is 0.338 e. The first-order chi connectivity index (χ1) is 64.3. The third kappa shape index (κ3) is 31.9. The van der Waals surface area contributed by atoms with Crippen LogP contribution in [0.3, 0.4) is 0 Å². The molecule has 7 rings (SSSR count). The highest BCUT2D eigenvalue weighted by atomic mass is 32.2. The number of esters is 2. The number of nitrogens with zero attached hydrogens (tertiary/aromatic N) is 7. The van der Waals surface area contributed by atoms with Crippen molar-refractivity contribution in [1.29, 1.82) is 0 Å². The van der Waals surface area contributed by atoms with Gasteiger partial charge in [0.15, 0.2) is 35.0 Å². The van der Waals surface area contributed by atoms with Gasteiger partial charge < -0.3 is 78.9 Å². The van der Waals surface area contributed by atoms with Gasteiger partial charge in [0.2, 0.25) is 41.4 Å². The number of thioether (sulfide) groups is 2. The fourth-order valence-electron chi connectivity index (χ4n) is 17.5. The van der Waals surface area contributed by atoms with Crippen molar-refractivity contribution in [1.82, 2.24) is 50.4 Å². The largest absolute Gasteiger partial charge is 0.479 e. The lowest BCUT2D eigenvalue weighted by atomic mass is 9.82. The van der Waals surface area contributed by atoms with Gasteiger partial charge in [-0.15, -0.1) is 46.2 Å². The number of carboxylic acid groups (broad SMARTS) is 2. The summed E-state index contributed by atoms with van der Waals surface area (Å²) in [4.78, 5) is 224. The number of thiazole rings is 2. The van der Waals surface area contributed by atoms with Crippen molar-refractivity contribution < 1.29 is 115 Å². The number of likely N-dealkylation sites (tertiary alicyclic amines) is 1. The molecule has 2 aromatic carbocycles. The van der Waals surface area contributed by atoms with Gasteiger partial charge in [-0.3, -0.25) is 67.2 Å². The minimum atomic E-state index is -1.51. The minimum Gasteiger partial charge on any atom is -0.479 e. The number of Topliss-reactive ketones (excluding diaryl/α,β-unsaturated/α-hetero) is 2. The average Bonchev–Trinajstić information content (AvgIpc) is 1.59. The highest BCUT2D eigenvalue weighted by Gasteiger charge is 2.64. The number of benzene rings is 2. The molecule has 0 aliphatic carbocycles. The van der Waals surface area contributed by atoms with Crippen molar-refractivity contribution in [2.75, 3.05) is 92.9 Å². The van der Waals surface area contributed by atoms with E-state index in [9.17, 15) is 72.5 Å². The Morgan fingerprint density at radius 3 is 1.20 bits per heavy atom. The first-order valence-electron chi connectivity index (χ1n) is 47.2. The predicted molar refractivity (Wildman–Crippen MR) is 517 cm³/mol. The molecule has 3 aliphatic rings. The van der Waals surface area contributed by atoms with Gasteiger partial charge in [0.25, 0.3) is 11.8 Å². The number of carboxylic acids is 2. The van der Waals surface area contributed by atoms with Gasteiger partial charge in [-0.1, -0.05) is 157 Å². The maximum absolute atomic E-state index is 15.1. The molecule has 0 bridgehead atoms. The topological polar surface area (TPSA) is 446 Å². The van der Waals surface area contributed by atoms with E-state index in [0.29, 0.717) is 12.8 Å². The molecule has 0 radical (unpaired) electrons. The number of likely N-dealkylation sites (N-methyl/N-ethyl adjacent to an activating group) is 2. The third-order valence-corrected chi connectivity index (χ3v) is 30.7. The Morgan fingerprint density at radius 2 is 0.875 bits per heavy atom. The van der Waals surface area contributed by atoms with E-state index in [1.807, 2.05) is 144 Å². The molecule has 2 aromatic heterocycles. The quantitative estimate of drug-likeness (QED) is 0.0119. The van der Waals surface area contributed by atoms with Crippen LogP contribution in [0.1, 0.15) is 236 Å². The third-order valence-electron chi connectivity index (χ3n) is 25.9. The van der Waals surface area contributed by atoms with Crippen LogP contribution < -0.4 is 16.0 Å². The Kier molecular flexibility index (Phi) is 45.1. The lowest BCUT2D eigenvalue weighted by molar-refractivity contribution is -0.151. The number of ether oxygens (including phenoxy) is 7. The standard InChI is InChI=1S/C98H144N10O24S4/c1-22-60(11)66(91(118)104(18)72(56(3)4)52-76(129-62(13)109)89-102-70(54-135-89)87(116)100-68(48-64-32-26-24-27-33-64)85-97(15,131-85)95(122)123)50-74(111)81(58(7)8)106(20)79(114)36-30-46-133-83-84(94(121)108(93(83)120)39-41-127-43-45-128-44-42-126-40-38-78(113)99-17)134-47-31-37-80(115)107(21)82(59(9)10)75(112)51-67(61(12)23-2)92(119)105(19)73(57(5)6)53-77(130-63(14)110)90-103-71(55-136-90)88(117)101-69(49-65-34-28-25-29-35-65)86-98(16,132-86)96(124)125/h24-29,32-35,54-61,66-69,72-73,76-77,81-86H,22-23,30-31,36-53H2,1-21H3,(H,99,113)(H,100,116)(H,101,117)(H,122,123)(H,124,125)/t60-,61-,66-,67-,68-,69-,72+,73+,76+,77+,81?,82?,83?,84?,85?,86?,97?,98?/m0/s1. The zero-order valence-electron chi connectivity index (χ0n) is 82.7. The van der Waals surface area contributed by atoms with Crippen molar-refractivity contribution in [3.05, 3.63) is 104 Å².